The maximum absolute atomic E-state index is 12.2. The third-order valence-corrected chi connectivity index (χ3v) is 4.10. The molecule has 0 fully saturated rings. The van der Waals surface area contributed by atoms with Gasteiger partial charge in [-0.2, -0.15) is 5.10 Å². The molecular formula is C17H19ClN4O2. The van der Waals surface area contributed by atoms with Crippen LogP contribution in [0.4, 0.5) is 5.82 Å². The molecule has 1 aromatic carbocycles. The first-order chi connectivity index (χ1) is 11.6. The number of fused-ring (bicyclic) bond motifs is 1. The van der Waals surface area contributed by atoms with Crippen molar-refractivity contribution < 1.29 is 9.59 Å². The molecule has 0 aliphatic carbocycles. The number of halogens is 1. The number of nitrogens with zero attached hydrogens (tertiary/aromatic N) is 3. The van der Waals surface area contributed by atoms with E-state index in [1.54, 1.807) is 10.7 Å². The molecule has 1 aliphatic rings. The fraction of sp³-hybridized carbons (Fsp3) is 0.353. The zero-order valence-corrected chi connectivity index (χ0v) is 14.2. The van der Waals surface area contributed by atoms with Gasteiger partial charge in [-0.05, 0) is 18.6 Å². The van der Waals surface area contributed by atoms with Gasteiger partial charge < -0.3 is 5.32 Å². The molecule has 1 aliphatic heterocycles. The molecule has 0 radical (unpaired) electrons. The van der Waals surface area contributed by atoms with Crippen LogP contribution in [0.2, 0.25) is 5.02 Å². The van der Waals surface area contributed by atoms with Gasteiger partial charge in [0, 0.05) is 29.6 Å². The minimum atomic E-state index is -0.163. The fourth-order valence-corrected chi connectivity index (χ4v) is 2.87. The van der Waals surface area contributed by atoms with Gasteiger partial charge in [0.15, 0.2) is 0 Å². The largest absolute Gasteiger partial charge is 0.355 e. The minimum Gasteiger partial charge on any atom is -0.355 e. The van der Waals surface area contributed by atoms with E-state index in [9.17, 15) is 9.59 Å². The van der Waals surface area contributed by atoms with E-state index < -0.39 is 0 Å². The summed E-state index contributed by atoms with van der Waals surface area (Å²) in [6.07, 6.45) is 1.20. The van der Waals surface area contributed by atoms with Gasteiger partial charge >= 0.3 is 0 Å². The highest BCUT2D eigenvalue weighted by molar-refractivity contribution is 6.30. The van der Waals surface area contributed by atoms with E-state index in [0.29, 0.717) is 30.4 Å². The number of nitrogens with one attached hydrogen (secondary N) is 1. The van der Waals surface area contributed by atoms with Gasteiger partial charge in [0.25, 0.3) is 0 Å². The number of anilines is 1. The Morgan fingerprint density at radius 3 is 2.96 bits per heavy atom. The van der Waals surface area contributed by atoms with Crippen molar-refractivity contribution in [3.63, 3.8) is 0 Å². The van der Waals surface area contributed by atoms with Crippen molar-refractivity contribution in [2.75, 3.05) is 18.0 Å². The first-order valence-corrected chi connectivity index (χ1v) is 8.37. The molecule has 1 aromatic heterocycles. The summed E-state index contributed by atoms with van der Waals surface area (Å²) < 4.78 is 1.77. The summed E-state index contributed by atoms with van der Waals surface area (Å²) in [4.78, 5) is 25.7. The lowest BCUT2D eigenvalue weighted by atomic mass is 10.1. The van der Waals surface area contributed by atoms with Gasteiger partial charge in [0.05, 0.1) is 12.2 Å². The lowest BCUT2D eigenvalue weighted by Gasteiger charge is -2.26. The van der Waals surface area contributed by atoms with Crippen LogP contribution in [0.15, 0.2) is 30.3 Å². The number of hydrogen-bond donors (Lipinski definition) is 1. The van der Waals surface area contributed by atoms with E-state index >= 15 is 0 Å². The predicted molar refractivity (Wildman–Crippen MR) is 92.9 cm³/mol. The number of benzene rings is 1. The van der Waals surface area contributed by atoms with Gasteiger partial charge in [0.1, 0.15) is 12.4 Å². The number of aromatic nitrogens is 2. The quantitative estimate of drug-likeness (QED) is 0.904. The molecule has 7 heteroatoms. The Balaban J connectivity index is 1.87. The summed E-state index contributed by atoms with van der Waals surface area (Å²) >= 11 is 6.04. The standard InChI is InChI=1S/C17H19ClN4O2/c1-2-7-19-15(23)11-21-16-10-14(12-4-3-5-13(18)9-12)20-22(16)8-6-17(21)24/h3-5,9-10H,2,6-8,11H2,1H3,(H,19,23). The van der Waals surface area contributed by atoms with Crippen LogP contribution in [0.25, 0.3) is 11.3 Å². The van der Waals surface area contributed by atoms with Crippen molar-refractivity contribution >= 4 is 29.2 Å². The third kappa shape index (κ3) is 3.43. The zero-order valence-electron chi connectivity index (χ0n) is 13.5. The fourth-order valence-electron chi connectivity index (χ4n) is 2.67. The van der Waals surface area contributed by atoms with Crippen LogP contribution in [-0.4, -0.2) is 34.7 Å². The molecule has 2 heterocycles. The molecular weight excluding hydrogens is 328 g/mol. The van der Waals surface area contributed by atoms with Gasteiger partial charge in [0.2, 0.25) is 11.8 Å². The van der Waals surface area contributed by atoms with E-state index in [1.807, 2.05) is 31.2 Å². The SMILES string of the molecule is CCCNC(=O)CN1C(=O)CCn2nc(-c3cccc(Cl)c3)cc21. The van der Waals surface area contributed by atoms with E-state index in [0.717, 1.165) is 17.7 Å². The summed E-state index contributed by atoms with van der Waals surface area (Å²) in [7, 11) is 0. The molecule has 1 N–H and O–H groups in total. The Morgan fingerprint density at radius 2 is 2.21 bits per heavy atom. The number of aryl methyl sites for hydroxylation is 1. The Morgan fingerprint density at radius 1 is 1.38 bits per heavy atom. The van der Waals surface area contributed by atoms with Crippen molar-refractivity contribution in [1.29, 1.82) is 0 Å². The van der Waals surface area contributed by atoms with Crippen molar-refractivity contribution in [1.82, 2.24) is 15.1 Å². The molecule has 0 atom stereocenters. The van der Waals surface area contributed by atoms with Crippen LogP contribution in [0.5, 0.6) is 0 Å². The van der Waals surface area contributed by atoms with Crippen LogP contribution in [-0.2, 0) is 16.1 Å². The molecule has 24 heavy (non-hydrogen) atoms. The summed E-state index contributed by atoms with van der Waals surface area (Å²) in [6.45, 7) is 3.12. The van der Waals surface area contributed by atoms with E-state index in [2.05, 4.69) is 10.4 Å². The predicted octanol–water partition coefficient (Wildman–Crippen LogP) is 2.47. The van der Waals surface area contributed by atoms with Crippen LogP contribution in [0.1, 0.15) is 19.8 Å². The van der Waals surface area contributed by atoms with Crippen LogP contribution in [0.3, 0.4) is 0 Å². The Kier molecular flexibility index (Phi) is 4.85. The Hall–Kier alpha value is -2.34. The molecule has 3 rings (SSSR count). The topological polar surface area (TPSA) is 67.2 Å². The summed E-state index contributed by atoms with van der Waals surface area (Å²) in [6, 6.07) is 9.23. The molecule has 6 nitrogen and oxygen atoms in total. The maximum Gasteiger partial charge on any atom is 0.240 e. The smallest absolute Gasteiger partial charge is 0.240 e. The first kappa shape index (κ1) is 16.5. The van der Waals surface area contributed by atoms with E-state index in [1.165, 1.54) is 4.90 Å². The van der Waals surface area contributed by atoms with Crippen LogP contribution < -0.4 is 10.2 Å². The molecule has 0 saturated carbocycles. The van der Waals surface area contributed by atoms with Crippen LogP contribution >= 0.6 is 11.6 Å². The van der Waals surface area contributed by atoms with E-state index in [-0.39, 0.29) is 18.4 Å². The van der Waals surface area contributed by atoms with Gasteiger partial charge in [-0.1, -0.05) is 30.7 Å². The number of amides is 2. The average Bonchev–Trinajstić information content (AvgIpc) is 3.00. The van der Waals surface area contributed by atoms with Gasteiger partial charge in [-0.3, -0.25) is 14.5 Å². The first-order valence-electron chi connectivity index (χ1n) is 7.99. The maximum atomic E-state index is 12.2. The number of carbonyl (C=O) groups is 2. The lowest BCUT2D eigenvalue weighted by molar-refractivity contribution is -0.124. The van der Waals surface area contributed by atoms with Crippen molar-refractivity contribution in [3.05, 3.63) is 35.4 Å². The number of rotatable bonds is 5. The molecule has 0 saturated heterocycles. The molecule has 0 unspecified atom stereocenters. The minimum absolute atomic E-state index is 0.0134. The molecule has 0 spiro atoms. The van der Waals surface area contributed by atoms with Crippen molar-refractivity contribution in [3.8, 4) is 11.3 Å². The third-order valence-electron chi connectivity index (χ3n) is 3.87. The average molecular weight is 347 g/mol. The lowest BCUT2D eigenvalue weighted by Crippen LogP contribution is -2.44. The zero-order chi connectivity index (χ0) is 17.1. The summed E-state index contributed by atoms with van der Waals surface area (Å²) in [5.41, 5.74) is 1.62. The summed E-state index contributed by atoms with van der Waals surface area (Å²) in [5.74, 6) is 0.420. The van der Waals surface area contributed by atoms with Gasteiger partial charge in [-0.25, -0.2) is 4.68 Å². The Labute approximate surface area is 145 Å². The second-order valence-electron chi connectivity index (χ2n) is 5.70. The van der Waals surface area contributed by atoms with Crippen molar-refractivity contribution in [2.24, 2.45) is 0 Å². The normalized spacial score (nSPS) is 13.8. The number of hydrogen-bond acceptors (Lipinski definition) is 3. The van der Waals surface area contributed by atoms with Crippen LogP contribution in [0, 0.1) is 0 Å². The summed E-state index contributed by atoms with van der Waals surface area (Å²) in [5, 5.41) is 7.98. The van der Waals surface area contributed by atoms with Gasteiger partial charge in [-0.15, -0.1) is 0 Å². The van der Waals surface area contributed by atoms with E-state index in [4.69, 9.17) is 11.6 Å². The number of carbonyl (C=O) groups excluding carboxylic acids is 2. The molecule has 0 bridgehead atoms. The highest BCUT2D eigenvalue weighted by Crippen LogP contribution is 2.29. The highest BCUT2D eigenvalue weighted by atomic mass is 35.5. The monoisotopic (exact) mass is 346 g/mol. The molecule has 2 amide bonds. The van der Waals surface area contributed by atoms with Crippen molar-refractivity contribution in [2.45, 2.75) is 26.3 Å². The molecule has 2 aromatic rings. The Bertz CT molecular complexity index is 772. The second-order valence-corrected chi connectivity index (χ2v) is 6.14. The highest BCUT2D eigenvalue weighted by Gasteiger charge is 2.28. The molecule has 126 valence electrons. The second kappa shape index (κ2) is 7.05.